The molecule has 0 spiro atoms. The molecular weight excluding hydrogens is 322 g/mol. The van der Waals surface area contributed by atoms with E-state index in [9.17, 15) is 0 Å². The third kappa shape index (κ3) is 1.80. The molecule has 0 bridgehead atoms. The smallest absolute Gasteiger partial charge is 0.202 e. The molecule has 7 nitrogen and oxygen atoms in total. The molecule has 8 heteroatoms. The predicted octanol–water partition coefficient (Wildman–Crippen LogP) is 2.90. The first-order valence-electron chi connectivity index (χ1n) is 7.52. The van der Waals surface area contributed by atoms with Crippen LogP contribution in [0, 0.1) is 13.8 Å². The summed E-state index contributed by atoms with van der Waals surface area (Å²) in [5, 5.41) is 9.99. The van der Waals surface area contributed by atoms with Crippen LogP contribution in [0.2, 0.25) is 0 Å². The van der Waals surface area contributed by atoms with Gasteiger partial charge in [0, 0.05) is 24.3 Å². The molecule has 0 N–H and O–H groups in total. The van der Waals surface area contributed by atoms with Crippen LogP contribution in [0.25, 0.3) is 37.6 Å². The van der Waals surface area contributed by atoms with Crippen molar-refractivity contribution in [3.63, 3.8) is 0 Å². The second-order valence-electron chi connectivity index (χ2n) is 5.86. The summed E-state index contributed by atoms with van der Waals surface area (Å²) in [6.45, 7) is 4.11. The maximum atomic E-state index is 4.69. The molecule has 5 aromatic heterocycles. The van der Waals surface area contributed by atoms with Crippen molar-refractivity contribution in [1.29, 1.82) is 0 Å². The van der Waals surface area contributed by atoms with Crippen molar-refractivity contribution in [1.82, 2.24) is 34.3 Å². The van der Waals surface area contributed by atoms with Gasteiger partial charge in [-0.2, -0.15) is 5.10 Å². The topological polar surface area (TPSA) is 73.8 Å². The maximum absolute atomic E-state index is 4.69. The minimum Gasteiger partial charge on any atom is -0.275 e. The highest BCUT2D eigenvalue weighted by molar-refractivity contribution is 7.26. The summed E-state index contributed by atoms with van der Waals surface area (Å²) in [4.78, 5) is 14.9. The molecule has 5 aromatic rings. The summed E-state index contributed by atoms with van der Waals surface area (Å²) in [5.74, 6) is 0.600. The molecule has 0 saturated carbocycles. The summed E-state index contributed by atoms with van der Waals surface area (Å²) < 4.78 is 4.46. The second-order valence-corrected chi connectivity index (χ2v) is 6.86. The minimum atomic E-state index is 0.600. The number of hydrogen-bond donors (Lipinski definition) is 0. The Kier molecular flexibility index (Phi) is 2.58. The maximum Gasteiger partial charge on any atom is 0.202 e. The van der Waals surface area contributed by atoms with E-state index in [1.54, 1.807) is 26.9 Å². The van der Waals surface area contributed by atoms with Gasteiger partial charge in [-0.15, -0.1) is 16.4 Å². The zero-order valence-corrected chi connectivity index (χ0v) is 14.2. The van der Waals surface area contributed by atoms with Crippen molar-refractivity contribution in [3.05, 3.63) is 35.9 Å². The lowest BCUT2D eigenvalue weighted by Gasteiger charge is -1.98. The zero-order valence-electron chi connectivity index (χ0n) is 13.3. The number of thiophene rings is 1. The van der Waals surface area contributed by atoms with Crippen molar-refractivity contribution in [2.24, 2.45) is 7.05 Å². The molecule has 0 radical (unpaired) electrons. The van der Waals surface area contributed by atoms with E-state index >= 15 is 0 Å². The molecule has 24 heavy (non-hydrogen) atoms. The van der Waals surface area contributed by atoms with Crippen LogP contribution in [0.15, 0.2) is 24.7 Å². The number of rotatable bonds is 1. The Bertz CT molecular complexity index is 1240. The van der Waals surface area contributed by atoms with Crippen LogP contribution in [0.4, 0.5) is 0 Å². The first kappa shape index (κ1) is 13.6. The molecule has 5 heterocycles. The van der Waals surface area contributed by atoms with Crippen molar-refractivity contribution in [2.75, 3.05) is 0 Å². The normalized spacial score (nSPS) is 12.0. The first-order chi connectivity index (χ1) is 11.6. The van der Waals surface area contributed by atoms with Crippen LogP contribution in [-0.2, 0) is 7.05 Å². The molecule has 118 valence electrons. The van der Waals surface area contributed by atoms with Gasteiger partial charge in [-0.05, 0) is 31.5 Å². The van der Waals surface area contributed by atoms with Crippen molar-refractivity contribution < 1.29 is 0 Å². The fourth-order valence-electron chi connectivity index (χ4n) is 3.01. The van der Waals surface area contributed by atoms with Crippen molar-refractivity contribution in [2.45, 2.75) is 13.8 Å². The largest absolute Gasteiger partial charge is 0.275 e. The van der Waals surface area contributed by atoms with Gasteiger partial charge in [0.25, 0.3) is 0 Å². The van der Waals surface area contributed by atoms with Gasteiger partial charge in [0.05, 0.1) is 5.52 Å². The fourth-order valence-corrected chi connectivity index (χ4v) is 4.24. The lowest BCUT2D eigenvalue weighted by molar-refractivity contribution is 0.768. The molecule has 0 aliphatic rings. The van der Waals surface area contributed by atoms with Gasteiger partial charge in [0.2, 0.25) is 5.82 Å². The first-order valence-corrected chi connectivity index (χ1v) is 8.33. The third-order valence-corrected chi connectivity index (χ3v) is 5.10. The van der Waals surface area contributed by atoms with Gasteiger partial charge in [0.15, 0.2) is 5.65 Å². The van der Waals surface area contributed by atoms with E-state index in [2.05, 4.69) is 33.2 Å². The lowest BCUT2D eigenvalue weighted by Crippen LogP contribution is -1.91. The number of aryl methyl sites for hydroxylation is 3. The molecule has 0 unspecified atom stereocenters. The number of pyridine rings is 1. The standard InChI is InChI=1S/C16H13N7S/c1-8-6-9(2)18-16-11(8)12-13(24-16)15-19-14(21-23(15)7-17-12)10-4-5-22(3)20-10/h4-7H,1-3H3. The summed E-state index contributed by atoms with van der Waals surface area (Å²) in [6.07, 6.45) is 3.59. The van der Waals surface area contributed by atoms with E-state index in [-0.39, 0.29) is 0 Å². The SMILES string of the molecule is Cc1cc(C)c2c(n1)sc1c2ncn2nc(-c3ccn(C)n3)nc12. The van der Waals surface area contributed by atoms with Gasteiger partial charge in [0.1, 0.15) is 21.6 Å². The molecule has 0 aliphatic carbocycles. The van der Waals surface area contributed by atoms with Gasteiger partial charge in [-0.3, -0.25) is 4.68 Å². The highest BCUT2D eigenvalue weighted by atomic mass is 32.1. The number of nitrogens with zero attached hydrogens (tertiary/aromatic N) is 7. The molecular formula is C16H13N7S. The van der Waals surface area contributed by atoms with E-state index in [1.807, 2.05) is 26.2 Å². The highest BCUT2D eigenvalue weighted by Crippen LogP contribution is 2.35. The van der Waals surface area contributed by atoms with Crippen LogP contribution < -0.4 is 0 Å². The minimum absolute atomic E-state index is 0.600. The molecule has 0 aromatic carbocycles. The average molecular weight is 335 g/mol. The zero-order chi connectivity index (χ0) is 16.4. The number of fused-ring (bicyclic) bond motifs is 5. The Balaban J connectivity index is 1.86. The van der Waals surface area contributed by atoms with E-state index < -0.39 is 0 Å². The Hall–Kier alpha value is -2.87. The lowest BCUT2D eigenvalue weighted by atomic mass is 10.1. The van der Waals surface area contributed by atoms with Gasteiger partial charge in [-0.25, -0.2) is 19.5 Å². The molecule has 5 rings (SSSR count). The van der Waals surface area contributed by atoms with Crippen LogP contribution >= 0.6 is 11.3 Å². The van der Waals surface area contributed by atoms with Crippen LogP contribution in [-0.4, -0.2) is 34.3 Å². The summed E-state index contributed by atoms with van der Waals surface area (Å²) in [6, 6.07) is 3.99. The molecule has 0 atom stereocenters. The molecule has 0 fully saturated rings. The van der Waals surface area contributed by atoms with Crippen LogP contribution in [0.1, 0.15) is 11.3 Å². The van der Waals surface area contributed by atoms with E-state index in [1.165, 1.54) is 5.56 Å². The van der Waals surface area contributed by atoms with Crippen LogP contribution in [0.3, 0.4) is 0 Å². The Morgan fingerprint density at radius 1 is 1.12 bits per heavy atom. The molecule has 0 amide bonds. The van der Waals surface area contributed by atoms with E-state index in [4.69, 9.17) is 4.98 Å². The van der Waals surface area contributed by atoms with Gasteiger partial charge >= 0.3 is 0 Å². The highest BCUT2D eigenvalue weighted by Gasteiger charge is 2.17. The van der Waals surface area contributed by atoms with E-state index in [0.29, 0.717) is 5.82 Å². The van der Waals surface area contributed by atoms with Crippen molar-refractivity contribution >= 4 is 37.4 Å². The third-order valence-electron chi connectivity index (χ3n) is 4.04. The number of aromatic nitrogens is 7. The quantitative estimate of drug-likeness (QED) is 0.471. The second kappa shape index (κ2) is 4.57. The van der Waals surface area contributed by atoms with Gasteiger partial charge in [-0.1, -0.05) is 0 Å². The Labute approximate surface area is 140 Å². The monoisotopic (exact) mass is 335 g/mol. The fraction of sp³-hybridized carbons (Fsp3) is 0.188. The summed E-state index contributed by atoms with van der Waals surface area (Å²) >= 11 is 1.61. The Morgan fingerprint density at radius 3 is 2.79 bits per heavy atom. The van der Waals surface area contributed by atoms with Gasteiger partial charge < -0.3 is 0 Å². The Morgan fingerprint density at radius 2 is 2.00 bits per heavy atom. The molecule has 0 aliphatic heterocycles. The molecule has 0 saturated heterocycles. The predicted molar refractivity (Wildman–Crippen MR) is 93.1 cm³/mol. The number of hydrogen-bond acceptors (Lipinski definition) is 6. The summed E-state index contributed by atoms with van der Waals surface area (Å²) in [5.41, 5.74) is 4.68. The van der Waals surface area contributed by atoms with Crippen molar-refractivity contribution in [3.8, 4) is 11.5 Å². The van der Waals surface area contributed by atoms with Crippen LogP contribution in [0.5, 0.6) is 0 Å². The average Bonchev–Trinajstić information content (AvgIpc) is 3.20. The van der Waals surface area contributed by atoms with E-state index in [0.717, 1.165) is 37.5 Å². The summed E-state index contributed by atoms with van der Waals surface area (Å²) in [7, 11) is 1.88.